The van der Waals surface area contributed by atoms with Crippen LogP contribution in [0.3, 0.4) is 0 Å². The van der Waals surface area contributed by atoms with Gasteiger partial charge in [0.15, 0.2) is 11.0 Å². The van der Waals surface area contributed by atoms with Gasteiger partial charge in [0.05, 0.1) is 12.3 Å². The highest BCUT2D eigenvalue weighted by Gasteiger charge is 2.20. The molecule has 0 aliphatic carbocycles. The average molecular weight is 490 g/mol. The lowest BCUT2D eigenvalue weighted by Gasteiger charge is -2.16. The Labute approximate surface area is 202 Å². The quantitative estimate of drug-likeness (QED) is 0.444. The number of para-hydroxylation sites is 1. The normalized spacial score (nSPS) is 14.1. The van der Waals surface area contributed by atoms with Crippen LogP contribution in [0.1, 0.15) is 24.2 Å². The van der Waals surface area contributed by atoms with Crippen molar-refractivity contribution in [3.05, 3.63) is 70.0 Å². The van der Waals surface area contributed by atoms with Gasteiger partial charge in [-0.05, 0) is 62.2 Å². The zero-order valence-electron chi connectivity index (χ0n) is 17.6. The van der Waals surface area contributed by atoms with Gasteiger partial charge in [-0.1, -0.05) is 59.2 Å². The van der Waals surface area contributed by atoms with Gasteiger partial charge in [-0.15, -0.1) is 10.2 Å². The van der Waals surface area contributed by atoms with E-state index in [1.165, 1.54) is 24.6 Å². The molecule has 0 saturated carbocycles. The van der Waals surface area contributed by atoms with E-state index >= 15 is 0 Å². The van der Waals surface area contributed by atoms with Gasteiger partial charge in [0, 0.05) is 22.3 Å². The molecule has 168 valence electrons. The van der Waals surface area contributed by atoms with Gasteiger partial charge in [0.2, 0.25) is 5.91 Å². The summed E-state index contributed by atoms with van der Waals surface area (Å²) in [6.07, 6.45) is 3.09. The molecular formula is C23H25Cl2N5OS. The monoisotopic (exact) mass is 489 g/mol. The highest BCUT2D eigenvalue weighted by molar-refractivity contribution is 7.99. The number of nitrogens with zero attached hydrogens (tertiary/aromatic N) is 4. The number of carbonyl (C=O) groups is 1. The van der Waals surface area contributed by atoms with Crippen LogP contribution in [0.25, 0.3) is 5.69 Å². The number of hydrogen-bond acceptors (Lipinski definition) is 5. The van der Waals surface area contributed by atoms with Crippen molar-refractivity contribution in [1.82, 2.24) is 25.0 Å². The van der Waals surface area contributed by atoms with Crippen LogP contribution in [0.4, 0.5) is 0 Å². The van der Waals surface area contributed by atoms with E-state index < -0.39 is 0 Å². The number of likely N-dealkylation sites (tertiary alicyclic amines) is 1. The van der Waals surface area contributed by atoms with E-state index in [0.29, 0.717) is 23.0 Å². The third kappa shape index (κ3) is 6.04. The van der Waals surface area contributed by atoms with Gasteiger partial charge in [-0.25, -0.2) is 0 Å². The zero-order valence-corrected chi connectivity index (χ0v) is 20.0. The van der Waals surface area contributed by atoms with Crippen LogP contribution >= 0.6 is 35.0 Å². The summed E-state index contributed by atoms with van der Waals surface area (Å²) in [7, 11) is 0. The molecule has 32 heavy (non-hydrogen) atoms. The van der Waals surface area contributed by atoms with Crippen LogP contribution in [0.5, 0.6) is 0 Å². The first kappa shape index (κ1) is 23.1. The maximum absolute atomic E-state index is 12.4. The number of hydrogen-bond donors (Lipinski definition) is 1. The molecule has 6 nitrogen and oxygen atoms in total. The van der Waals surface area contributed by atoms with Gasteiger partial charge >= 0.3 is 0 Å². The minimum atomic E-state index is -0.0520. The van der Waals surface area contributed by atoms with E-state index in [4.69, 9.17) is 23.2 Å². The molecule has 1 amide bonds. The molecule has 0 spiro atoms. The summed E-state index contributed by atoms with van der Waals surface area (Å²) in [5.41, 5.74) is 1.96. The maximum Gasteiger partial charge on any atom is 0.230 e. The predicted molar refractivity (Wildman–Crippen MR) is 130 cm³/mol. The summed E-state index contributed by atoms with van der Waals surface area (Å²) < 4.78 is 2.06. The fourth-order valence-electron chi connectivity index (χ4n) is 3.72. The topological polar surface area (TPSA) is 63.1 Å². The molecule has 2 heterocycles. The van der Waals surface area contributed by atoms with Gasteiger partial charge < -0.3 is 5.32 Å². The second-order valence-corrected chi connectivity index (χ2v) is 9.46. The lowest BCUT2D eigenvalue weighted by molar-refractivity contribution is -0.118. The number of carbonyl (C=O) groups excluding carboxylic acids is 1. The number of thioether (sulfide) groups is 1. The largest absolute Gasteiger partial charge is 0.355 e. The first-order chi connectivity index (χ1) is 15.6. The summed E-state index contributed by atoms with van der Waals surface area (Å²) in [6, 6.07) is 15.5. The van der Waals surface area contributed by atoms with E-state index in [2.05, 4.69) is 25.0 Å². The van der Waals surface area contributed by atoms with Crippen molar-refractivity contribution < 1.29 is 4.79 Å². The molecule has 4 rings (SSSR count). The van der Waals surface area contributed by atoms with E-state index in [9.17, 15) is 4.79 Å². The minimum Gasteiger partial charge on any atom is -0.355 e. The fraction of sp³-hybridized carbons (Fsp3) is 0.348. The average Bonchev–Trinajstić information content (AvgIpc) is 3.45. The lowest BCUT2D eigenvalue weighted by Crippen LogP contribution is -2.27. The molecule has 2 aromatic carbocycles. The molecule has 0 bridgehead atoms. The number of halogens is 2. The van der Waals surface area contributed by atoms with Crippen molar-refractivity contribution in [2.24, 2.45) is 0 Å². The van der Waals surface area contributed by atoms with Crippen LogP contribution < -0.4 is 5.32 Å². The van der Waals surface area contributed by atoms with Crippen molar-refractivity contribution in [1.29, 1.82) is 0 Å². The van der Waals surface area contributed by atoms with E-state index in [1.807, 2.05) is 36.4 Å². The van der Waals surface area contributed by atoms with Crippen molar-refractivity contribution in [2.75, 3.05) is 25.4 Å². The number of benzene rings is 2. The summed E-state index contributed by atoms with van der Waals surface area (Å²) in [5, 5.41) is 13.7. The summed E-state index contributed by atoms with van der Waals surface area (Å²) in [5.74, 6) is 1.12. The number of amides is 1. The Morgan fingerprint density at radius 2 is 1.84 bits per heavy atom. The molecule has 1 aromatic heterocycles. The van der Waals surface area contributed by atoms with Gasteiger partial charge in [0.25, 0.3) is 0 Å². The van der Waals surface area contributed by atoms with Crippen LogP contribution in [0, 0.1) is 0 Å². The van der Waals surface area contributed by atoms with E-state index in [-0.39, 0.29) is 11.7 Å². The van der Waals surface area contributed by atoms with Gasteiger partial charge in [-0.3, -0.25) is 14.3 Å². The molecule has 1 N–H and O–H groups in total. The standard InChI is InChI=1S/C23H25Cl2N5OS/c24-18-9-8-17(20(25)14-18)10-11-26-22(31)16-32-23-28-27-21(15-29-12-4-5-13-29)30(23)19-6-2-1-3-7-19/h1-3,6-9,14H,4-5,10-13,15-16H2,(H,26,31). The Hall–Kier alpha value is -2.06. The predicted octanol–water partition coefficient (Wildman–Crippen LogP) is 4.62. The van der Waals surface area contributed by atoms with Crippen molar-refractivity contribution in [3.63, 3.8) is 0 Å². The molecule has 1 fully saturated rings. The Kier molecular flexibility index (Phi) is 8.08. The molecule has 0 atom stereocenters. The molecule has 3 aromatic rings. The number of nitrogens with one attached hydrogen (secondary N) is 1. The van der Waals surface area contributed by atoms with Crippen LogP contribution in [0.2, 0.25) is 10.0 Å². The second kappa shape index (κ2) is 11.2. The number of rotatable bonds is 9. The second-order valence-electron chi connectivity index (χ2n) is 7.68. The highest BCUT2D eigenvalue weighted by atomic mass is 35.5. The molecular weight excluding hydrogens is 465 g/mol. The Morgan fingerprint density at radius 1 is 1.06 bits per heavy atom. The van der Waals surface area contributed by atoms with Crippen LogP contribution in [-0.2, 0) is 17.8 Å². The molecule has 1 aliphatic rings. The molecule has 0 radical (unpaired) electrons. The van der Waals surface area contributed by atoms with Crippen molar-refractivity contribution in [3.8, 4) is 5.69 Å². The zero-order chi connectivity index (χ0) is 22.3. The molecule has 1 saturated heterocycles. The summed E-state index contributed by atoms with van der Waals surface area (Å²) in [4.78, 5) is 14.8. The summed E-state index contributed by atoms with van der Waals surface area (Å²) in [6.45, 7) is 3.44. The van der Waals surface area contributed by atoms with Crippen molar-refractivity contribution in [2.45, 2.75) is 31.0 Å². The SMILES string of the molecule is O=C(CSc1nnc(CN2CCCC2)n1-c1ccccc1)NCCc1ccc(Cl)cc1Cl. The summed E-state index contributed by atoms with van der Waals surface area (Å²) >= 11 is 13.5. The van der Waals surface area contributed by atoms with Crippen LogP contribution in [-0.4, -0.2) is 51.0 Å². The maximum atomic E-state index is 12.4. The lowest BCUT2D eigenvalue weighted by atomic mass is 10.1. The number of aromatic nitrogens is 3. The third-order valence-corrected chi connectivity index (χ3v) is 6.86. The first-order valence-electron chi connectivity index (χ1n) is 10.7. The van der Waals surface area contributed by atoms with E-state index in [0.717, 1.165) is 41.9 Å². The van der Waals surface area contributed by atoms with Gasteiger partial charge in [0.1, 0.15) is 0 Å². The third-order valence-electron chi connectivity index (χ3n) is 5.34. The Balaban J connectivity index is 1.36. The molecule has 1 aliphatic heterocycles. The minimum absolute atomic E-state index is 0.0520. The molecule has 9 heteroatoms. The fourth-order valence-corrected chi connectivity index (χ4v) is 5.02. The van der Waals surface area contributed by atoms with E-state index in [1.54, 1.807) is 12.1 Å². The van der Waals surface area contributed by atoms with Crippen LogP contribution in [0.15, 0.2) is 53.7 Å². The van der Waals surface area contributed by atoms with Crippen molar-refractivity contribution >= 4 is 40.9 Å². The Morgan fingerprint density at radius 3 is 2.59 bits per heavy atom. The first-order valence-corrected chi connectivity index (χ1v) is 12.4. The smallest absolute Gasteiger partial charge is 0.230 e. The highest BCUT2D eigenvalue weighted by Crippen LogP contribution is 2.24. The Bertz CT molecular complexity index is 1050. The molecule has 0 unspecified atom stereocenters. The van der Waals surface area contributed by atoms with Gasteiger partial charge in [-0.2, -0.15) is 0 Å².